The molecule has 2 rings (SSSR count). The molecule has 1 unspecified atom stereocenters. The zero-order valence-corrected chi connectivity index (χ0v) is 20.3. The molecular weight excluding hydrogens is 469 g/mol. The molecule has 150 valence electrons. The average Bonchev–Trinajstić information content (AvgIpc) is 2.85. The second kappa shape index (κ2) is 11.6. The molecule has 2 N–H and O–H groups in total. The van der Waals surface area contributed by atoms with Crippen LogP contribution in [-0.4, -0.2) is 41.1 Å². The SMILES string of the molecule is CN=C(NCCSc1ccc(C)cc1)NC(C)Cc1c(C)nn(C)c1C.I. The summed E-state index contributed by atoms with van der Waals surface area (Å²) in [7, 11) is 3.81. The first-order chi connectivity index (χ1) is 12.4. The van der Waals surface area contributed by atoms with Crippen molar-refractivity contribution in [3.63, 3.8) is 0 Å². The fourth-order valence-corrected chi connectivity index (χ4v) is 3.64. The first kappa shape index (κ1) is 23.8. The molecule has 0 fully saturated rings. The molecule has 0 amide bonds. The summed E-state index contributed by atoms with van der Waals surface area (Å²) in [6.45, 7) is 9.36. The van der Waals surface area contributed by atoms with Gasteiger partial charge in [-0.25, -0.2) is 0 Å². The van der Waals surface area contributed by atoms with Crippen LogP contribution in [0.5, 0.6) is 0 Å². The van der Waals surface area contributed by atoms with Gasteiger partial charge >= 0.3 is 0 Å². The lowest BCUT2D eigenvalue weighted by atomic mass is 10.1. The molecular formula is C20H32IN5S. The molecule has 7 heteroatoms. The lowest BCUT2D eigenvalue weighted by Gasteiger charge is -2.18. The van der Waals surface area contributed by atoms with Crippen molar-refractivity contribution in [3.05, 3.63) is 46.8 Å². The van der Waals surface area contributed by atoms with Gasteiger partial charge < -0.3 is 10.6 Å². The number of benzene rings is 1. The van der Waals surface area contributed by atoms with Crippen molar-refractivity contribution >= 4 is 41.7 Å². The largest absolute Gasteiger partial charge is 0.356 e. The highest BCUT2D eigenvalue weighted by molar-refractivity contribution is 14.0. The van der Waals surface area contributed by atoms with E-state index in [9.17, 15) is 0 Å². The Kier molecular flexibility index (Phi) is 10.2. The summed E-state index contributed by atoms with van der Waals surface area (Å²) in [4.78, 5) is 5.64. The number of aromatic nitrogens is 2. The van der Waals surface area contributed by atoms with Gasteiger partial charge in [-0.1, -0.05) is 17.7 Å². The van der Waals surface area contributed by atoms with Crippen molar-refractivity contribution in [1.29, 1.82) is 0 Å². The molecule has 0 radical (unpaired) electrons. The fraction of sp³-hybridized carbons (Fsp3) is 0.500. The Morgan fingerprint density at radius 1 is 1.22 bits per heavy atom. The summed E-state index contributed by atoms with van der Waals surface area (Å²) in [5.41, 5.74) is 4.95. The van der Waals surface area contributed by atoms with Crippen molar-refractivity contribution in [2.75, 3.05) is 19.3 Å². The van der Waals surface area contributed by atoms with E-state index in [1.54, 1.807) is 0 Å². The molecule has 5 nitrogen and oxygen atoms in total. The average molecular weight is 501 g/mol. The maximum absolute atomic E-state index is 4.50. The monoisotopic (exact) mass is 501 g/mol. The topological polar surface area (TPSA) is 54.2 Å². The van der Waals surface area contributed by atoms with E-state index in [1.807, 2.05) is 30.5 Å². The van der Waals surface area contributed by atoms with E-state index < -0.39 is 0 Å². The van der Waals surface area contributed by atoms with Crippen LogP contribution >= 0.6 is 35.7 Å². The van der Waals surface area contributed by atoms with Crippen LogP contribution in [0.4, 0.5) is 0 Å². The summed E-state index contributed by atoms with van der Waals surface area (Å²) >= 11 is 1.85. The van der Waals surface area contributed by atoms with Gasteiger partial charge in [0.05, 0.1) is 5.69 Å². The Labute approximate surface area is 184 Å². The molecule has 0 aliphatic carbocycles. The number of hydrogen-bond donors (Lipinski definition) is 2. The Morgan fingerprint density at radius 3 is 2.44 bits per heavy atom. The Balaban J connectivity index is 0.00000364. The second-order valence-corrected chi connectivity index (χ2v) is 7.85. The van der Waals surface area contributed by atoms with Crippen molar-refractivity contribution in [1.82, 2.24) is 20.4 Å². The molecule has 0 spiro atoms. The number of halogens is 1. The van der Waals surface area contributed by atoms with Crippen LogP contribution in [0.3, 0.4) is 0 Å². The van der Waals surface area contributed by atoms with Crippen LogP contribution in [0.25, 0.3) is 0 Å². The Bertz CT molecular complexity index is 740. The van der Waals surface area contributed by atoms with Crippen molar-refractivity contribution in [2.45, 2.75) is 45.1 Å². The van der Waals surface area contributed by atoms with Gasteiger partial charge in [0.1, 0.15) is 0 Å². The highest BCUT2D eigenvalue weighted by atomic mass is 127. The molecule has 1 atom stereocenters. The Morgan fingerprint density at radius 2 is 1.89 bits per heavy atom. The summed E-state index contributed by atoms with van der Waals surface area (Å²) in [6.07, 6.45) is 0.935. The van der Waals surface area contributed by atoms with Gasteiger partial charge in [-0.05, 0) is 51.8 Å². The third kappa shape index (κ3) is 7.37. The number of guanidine groups is 1. The molecule has 1 heterocycles. The van der Waals surface area contributed by atoms with Gasteiger partial charge in [-0.2, -0.15) is 5.10 Å². The molecule has 2 aromatic rings. The lowest BCUT2D eigenvalue weighted by molar-refractivity contribution is 0.638. The minimum atomic E-state index is 0. The van der Waals surface area contributed by atoms with Crippen LogP contribution in [0, 0.1) is 20.8 Å². The second-order valence-electron chi connectivity index (χ2n) is 6.68. The predicted molar refractivity (Wildman–Crippen MR) is 128 cm³/mol. The summed E-state index contributed by atoms with van der Waals surface area (Å²) in [6, 6.07) is 8.94. The van der Waals surface area contributed by atoms with Crippen LogP contribution in [-0.2, 0) is 13.5 Å². The van der Waals surface area contributed by atoms with Crippen molar-refractivity contribution < 1.29 is 0 Å². The van der Waals surface area contributed by atoms with E-state index >= 15 is 0 Å². The third-order valence-corrected chi connectivity index (χ3v) is 5.47. The summed E-state index contributed by atoms with van der Waals surface area (Å²) < 4.78 is 1.95. The van der Waals surface area contributed by atoms with E-state index in [0.717, 1.165) is 30.4 Å². The number of thioether (sulfide) groups is 1. The minimum absolute atomic E-state index is 0. The first-order valence-corrected chi connectivity index (χ1v) is 10.0. The van der Waals surface area contributed by atoms with Crippen molar-refractivity contribution in [2.24, 2.45) is 12.0 Å². The third-order valence-electron chi connectivity index (χ3n) is 4.46. The number of aryl methyl sites for hydroxylation is 3. The smallest absolute Gasteiger partial charge is 0.191 e. The standard InChI is InChI=1S/C20H31N5S.HI/c1-14-7-9-18(10-8-14)26-12-11-22-20(21-5)23-15(2)13-19-16(3)24-25(6)17(19)4;/h7-10,15H,11-13H2,1-6H3,(H2,21,22,23);1H. The number of nitrogens with zero attached hydrogens (tertiary/aromatic N) is 3. The molecule has 1 aromatic heterocycles. The molecule has 0 bridgehead atoms. The normalized spacial score (nSPS) is 12.4. The maximum Gasteiger partial charge on any atom is 0.191 e. The number of rotatable bonds is 7. The van der Waals surface area contributed by atoms with Crippen LogP contribution in [0.2, 0.25) is 0 Å². The van der Waals surface area contributed by atoms with Gasteiger partial charge in [0.15, 0.2) is 5.96 Å². The van der Waals surface area contributed by atoms with Gasteiger partial charge in [-0.3, -0.25) is 9.67 Å². The molecule has 0 saturated heterocycles. The minimum Gasteiger partial charge on any atom is -0.356 e. The van der Waals surface area contributed by atoms with E-state index in [0.29, 0.717) is 0 Å². The molecule has 27 heavy (non-hydrogen) atoms. The zero-order valence-electron chi connectivity index (χ0n) is 17.2. The number of hydrogen-bond acceptors (Lipinski definition) is 3. The van der Waals surface area contributed by atoms with Gasteiger partial charge in [-0.15, -0.1) is 35.7 Å². The highest BCUT2D eigenvalue weighted by Gasteiger charge is 2.13. The summed E-state index contributed by atoms with van der Waals surface area (Å²) in [5, 5.41) is 11.4. The van der Waals surface area contributed by atoms with Crippen LogP contribution in [0.15, 0.2) is 34.2 Å². The molecule has 0 saturated carbocycles. The zero-order chi connectivity index (χ0) is 19.1. The van der Waals surface area contributed by atoms with Crippen molar-refractivity contribution in [3.8, 4) is 0 Å². The number of nitrogens with one attached hydrogen (secondary N) is 2. The van der Waals surface area contributed by atoms with Gasteiger partial charge in [0.25, 0.3) is 0 Å². The Hall–Kier alpha value is -1.22. The van der Waals surface area contributed by atoms with Crippen LogP contribution < -0.4 is 10.6 Å². The van der Waals surface area contributed by atoms with Gasteiger partial charge in [0, 0.05) is 43.0 Å². The highest BCUT2D eigenvalue weighted by Crippen LogP contribution is 2.17. The van der Waals surface area contributed by atoms with E-state index in [4.69, 9.17) is 0 Å². The molecule has 1 aromatic carbocycles. The van der Waals surface area contributed by atoms with E-state index in [2.05, 4.69) is 72.7 Å². The predicted octanol–water partition coefficient (Wildman–Crippen LogP) is 3.85. The van der Waals surface area contributed by atoms with E-state index in [1.165, 1.54) is 21.7 Å². The van der Waals surface area contributed by atoms with Crippen LogP contribution in [0.1, 0.15) is 29.4 Å². The lowest BCUT2D eigenvalue weighted by Crippen LogP contribution is -2.43. The molecule has 0 aliphatic rings. The summed E-state index contributed by atoms with van der Waals surface area (Å²) in [5.74, 6) is 1.85. The molecule has 0 aliphatic heterocycles. The number of aliphatic imine (C=N–C) groups is 1. The van der Waals surface area contributed by atoms with Gasteiger partial charge in [0.2, 0.25) is 0 Å². The quantitative estimate of drug-likeness (QED) is 0.199. The maximum atomic E-state index is 4.50. The first-order valence-electron chi connectivity index (χ1n) is 9.06. The van der Waals surface area contributed by atoms with E-state index in [-0.39, 0.29) is 30.0 Å². The fourth-order valence-electron chi connectivity index (χ4n) is 2.87.